The van der Waals surface area contributed by atoms with Gasteiger partial charge in [-0.05, 0) is 93.0 Å². The largest absolute Gasteiger partial charge is 0.299 e. The highest BCUT2D eigenvalue weighted by Crippen LogP contribution is 2.50. The molecule has 5 rings (SSSR count). The Hall–Kier alpha value is -3.40. The van der Waals surface area contributed by atoms with E-state index in [-0.39, 0.29) is 40.9 Å². The number of benzene rings is 2. The Morgan fingerprint density at radius 1 is 0.902 bits per heavy atom. The van der Waals surface area contributed by atoms with Gasteiger partial charge in [-0.1, -0.05) is 74.7 Å². The summed E-state index contributed by atoms with van der Waals surface area (Å²) in [5.41, 5.74) is 8.81. The zero-order valence-corrected chi connectivity index (χ0v) is 25.8. The standard InChI is InChI=1S/C34H36O4.C3H8/c1-6-7-26(36)15-22-9-11-23(12-10-22)27-13-8-18(2)30-28(27)17-25-16-24-14-19(3)29(21(5)35)33(37)31(24)20(4)32(25)34(30)38;1-3-2/h8-13,24-25,31H,6-7,14-17H2,1-5H3;3H2,1-2H3. The van der Waals surface area contributed by atoms with Gasteiger partial charge in [0.1, 0.15) is 5.78 Å². The van der Waals surface area contributed by atoms with Crippen molar-refractivity contribution in [3.8, 4) is 11.1 Å². The van der Waals surface area contributed by atoms with Gasteiger partial charge in [0, 0.05) is 29.9 Å². The lowest BCUT2D eigenvalue weighted by Gasteiger charge is -2.43. The molecule has 4 nitrogen and oxygen atoms in total. The number of Topliss-reactive ketones (excluding diaryl/α,β-unsaturated/α-hetero) is 4. The molecule has 3 aliphatic carbocycles. The van der Waals surface area contributed by atoms with Crippen LogP contribution in [0.5, 0.6) is 0 Å². The number of hydrogen-bond acceptors (Lipinski definition) is 4. The first-order valence-corrected chi connectivity index (χ1v) is 15.3. The first-order chi connectivity index (χ1) is 19.5. The number of aryl methyl sites for hydroxylation is 1. The van der Waals surface area contributed by atoms with Crippen molar-refractivity contribution in [2.24, 2.45) is 17.8 Å². The summed E-state index contributed by atoms with van der Waals surface area (Å²) in [5.74, 6) is -0.157. The normalized spacial score (nSPS) is 21.5. The molecular weight excluding hydrogens is 508 g/mol. The van der Waals surface area contributed by atoms with E-state index in [1.807, 2.05) is 45.9 Å². The second-order valence-corrected chi connectivity index (χ2v) is 12.2. The molecule has 0 N–H and O–H groups in total. The average Bonchev–Trinajstić information content (AvgIpc) is 2.89. The second kappa shape index (κ2) is 12.6. The highest BCUT2D eigenvalue weighted by molar-refractivity contribution is 6.22. The Bertz CT molecular complexity index is 1450. The fraction of sp³-hybridized carbons (Fsp3) is 0.459. The van der Waals surface area contributed by atoms with Gasteiger partial charge in [-0.25, -0.2) is 0 Å². The summed E-state index contributed by atoms with van der Waals surface area (Å²) >= 11 is 0. The number of carbonyl (C=O) groups is 4. The molecule has 41 heavy (non-hydrogen) atoms. The topological polar surface area (TPSA) is 68.3 Å². The number of hydrogen-bond donors (Lipinski definition) is 0. The monoisotopic (exact) mass is 552 g/mol. The van der Waals surface area contributed by atoms with Crippen LogP contribution in [0.15, 0.2) is 58.7 Å². The van der Waals surface area contributed by atoms with E-state index in [1.54, 1.807) is 0 Å². The minimum Gasteiger partial charge on any atom is -0.299 e. The van der Waals surface area contributed by atoms with Gasteiger partial charge in [0.15, 0.2) is 17.3 Å². The summed E-state index contributed by atoms with van der Waals surface area (Å²) in [5, 5.41) is 0. The first kappa shape index (κ1) is 30.6. The third kappa shape index (κ3) is 5.84. The van der Waals surface area contributed by atoms with E-state index in [2.05, 4.69) is 32.0 Å². The molecule has 3 atom stereocenters. The Labute approximate surface area is 245 Å². The van der Waals surface area contributed by atoms with Gasteiger partial charge in [0.05, 0.1) is 5.57 Å². The smallest absolute Gasteiger partial charge is 0.189 e. The van der Waals surface area contributed by atoms with E-state index in [0.29, 0.717) is 18.4 Å². The maximum atomic E-state index is 14.1. The Kier molecular flexibility index (Phi) is 9.41. The van der Waals surface area contributed by atoms with Crippen LogP contribution in [0.4, 0.5) is 0 Å². The van der Waals surface area contributed by atoms with Crippen LogP contribution >= 0.6 is 0 Å². The van der Waals surface area contributed by atoms with Crippen LogP contribution in [0.1, 0.15) is 101 Å². The van der Waals surface area contributed by atoms with Gasteiger partial charge in [-0.15, -0.1) is 0 Å². The van der Waals surface area contributed by atoms with Crippen LogP contribution in [-0.4, -0.2) is 23.1 Å². The van der Waals surface area contributed by atoms with E-state index in [9.17, 15) is 19.2 Å². The van der Waals surface area contributed by atoms with E-state index in [0.717, 1.165) is 75.8 Å². The van der Waals surface area contributed by atoms with Gasteiger partial charge in [-0.2, -0.15) is 0 Å². The van der Waals surface area contributed by atoms with Crippen LogP contribution in [0, 0.1) is 24.7 Å². The van der Waals surface area contributed by atoms with Crippen LogP contribution in [0.3, 0.4) is 0 Å². The Balaban J connectivity index is 0.00000124. The van der Waals surface area contributed by atoms with E-state index < -0.39 is 0 Å². The van der Waals surface area contributed by atoms with Gasteiger partial charge in [-0.3, -0.25) is 19.2 Å². The molecular formula is C37H44O4. The SMILES string of the molecule is CCC.CCCC(=O)Cc1ccc(-c2ccc(C)c3c2CC2CC4CC(C)=C(C(C)=O)C(=O)C4C(C)=C2C3=O)cc1. The van der Waals surface area contributed by atoms with Crippen molar-refractivity contribution in [1.29, 1.82) is 0 Å². The zero-order valence-electron chi connectivity index (χ0n) is 25.8. The predicted octanol–water partition coefficient (Wildman–Crippen LogP) is 8.18. The lowest BCUT2D eigenvalue weighted by Crippen LogP contribution is -2.41. The Morgan fingerprint density at radius 2 is 1.56 bits per heavy atom. The van der Waals surface area contributed by atoms with Gasteiger partial charge in [0.2, 0.25) is 0 Å². The Morgan fingerprint density at radius 3 is 2.17 bits per heavy atom. The summed E-state index contributed by atoms with van der Waals surface area (Å²) in [7, 11) is 0. The average molecular weight is 553 g/mol. The molecule has 4 heteroatoms. The minimum atomic E-state index is -0.374. The highest BCUT2D eigenvalue weighted by atomic mass is 16.2. The van der Waals surface area contributed by atoms with Crippen LogP contribution in [0.25, 0.3) is 11.1 Å². The highest BCUT2D eigenvalue weighted by Gasteiger charge is 2.47. The molecule has 0 saturated carbocycles. The predicted molar refractivity (Wildman–Crippen MR) is 165 cm³/mol. The molecule has 0 amide bonds. The molecule has 0 radical (unpaired) electrons. The summed E-state index contributed by atoms with van der Waals surface area (Å²) in [4.78, 5) is 51.9. The molecule has 0 aliphatic heterocycles. The lowest BCUT2D eigenvalue weighted by atomic mass is 9.59. The molecule has 0 heterocycles. The van der Waals surface area contributed by atoms with Crippen LogP contribution in [-0.2, 0) is 27.2 Å². The second-order valence-electron chi connectivity index (χ2n) is 12.2. The molecule has 0 bridgehead atoms. The van der Waals surface area contributed by atoms with Crippen LogP contribution in [0.2, 0.25) is 0 Å². The maximum Gasteiger partial charge on any atom is 0.189 e. The van der Waals surface area contributed by atoms with Crippen molar-refractivity contribution in [2.45, 2.75) is 93.4 Å². The van der Waals surface area contributed by atoms with Crippen molar-refractivity contribution in [1.82, 2.24) is 0 Å². The third-order valence-electron chi connectivity index (χ3n) is 8.87. The summed E-state index contributed by atoms with van der Waals surface area (Å²) < 4.78 is 0. The fourth-order valence-corrected chi connectivity index (χ4v) is 7.30. The van der Waals surface area contributed by atoms with Crippen LogP contribution < -0.4 is 0 Å². The third-order valence-corrected chi connectivity index (χ3v) is 8.87. The summed E-state index contributed by atoms with van der Waals surface area (Å²) in [6, 6.07) is 12.3. The molecule has 216 valence electrons. The van der Waals surface area contributed by atoms with E-state index >= 15 is 0 Å². The summed E-state index contributed by atoms with van der Waals surface area (Å²) in [6.07, 6.45) is 5.44. The molecule has 0 saturated heterocycles. The number of allylic oxidation sites excluding steroid dienone is 4. The fourth-order valence-electron chi connectivity index (χ4n) is 7.30. The van der Waals surface area contributed by atoms with Crippen molar-refractivity contribution in [2.75, 3.05) is 0 Å². The molecule has 0 aromatic heterocycles. The molecule has 0 fully saturated rings. The number of fused-ring (bicyclic) bond motifs is 3. The van der Waals surface area contributed by atoms with Gasteiger partial charge < -0.3 is 0 Å². The first-order valence-electron chi connectivity index (χ1n) is 15.3. The minimum absolute atomic E-state index is 0.0387. The van der Waals surface area contributed by atoms with Gasteiger partial charge >= 0.3 is 0 Å². The zero-order chi connectivity index (χ0) is 30.0. The van der Waals surface area contributed by atoms with E-state index in [4.69, 9.17) is 0 Å². The van der Waals surface area contributed by atoms with Gasteiger partial charge in [0.25, 0.3) is 0 Å². The summed E-state index contributed by atoms with van der Waals surface area (Å²) in [6.45, 7) is 13.6. The van der Waals surface area contributed by atoms with Crippen molar-refractivity contribution in [3.63, 3.8) is 0 Å². The lowest BCUT2D eigenvalue weighted by molar-refractivity contribution is -0.124. The quantitative estimate of drug-likeness (QED) is 0.339. The molecule has 2 aromatic rings. The molecule has 0 spiro atoms. The van der Waals surface area contributed by atoms with Crippen molar-refractivity contribution < 1.29 is 19.2 Å². The molecule has 3 aliphatic rings. The number of ketones is 4. The maximum absolute atomic E-state index is 14.1. The molecule has 2 aromatic carbocycles. The molecule has 3 unspecified atom stereocenters. The van der Waals surface area contributed by atoms with Crippen molar-refractivity contribution in [3.05, 3.63) is 80.9 Å². The number of carbonyl (C=O) groups excluding carboxylic acids is 4. The number of rotatable bonds is 6. The van der Waals surface area contributed by atoms with Crippen molar-refractivity contribution >= 4 is 23.1 Å². The van der Waals surface area contributed by atoms with E-state index in [1.165, 1.54) is 13.3 Å².